The summed E-state index contributed by atoms with van der Waals surface area (Å²) in [5.74, 6) is -0.391. The van der Waals surface area contributed by atoms with Crippen molar-refractivity contribution >= 4 is 11.6 Å². The molecule has 1 aliphatic rings. The lowest BCUT2D eigenvalue weighted by Gasteiger charge is -2.06. The molecule has 0 bridgehead atoms. The topological polar surface area (TPSA) is 104 Å². The van der Waals surface area contributed by atoms with Crippen molar-refractivity contribution in [2.24, 2.45) is 0 Å². The van der Waals surface area contributed by atoms with Gasteiger partial charge in [0.25, 0.3) is 5.56 Å². The fourth-order valence-corrected chi connectivity index (χ4v) is 3.18. The monoisotopic (exact) mass is 359 g/mol. The molecule has 1 saturated carbocycles. The summed E-state index contributed by atoms with van der Waals surface area (Å²) in [6.45, 7) is 0. The lowest BCUT2D eigenvalue weighted by atomic mass is 10.1. The van der Waals surface area contributed by atoms with Crippen LogP contribution < -0.4 is 11.2 Å². The van der Waals surface area contributed by atoms with Crippen molar-refractivity contribution in [3.63, 3.8) is 0 Å². The van der Waals surface area contributed by atoms with E-state index in [1.165, 1.54) is 12.4 Å². The molecular weight excluding hydrogens is 349 g/mol. The van der Waals surface area contributed by atoms with E-state index >= 15 is 0 Å². The fourth-order valence-electron chi connectivity index (χ4n) is 2.95. The molecule has 0 spiro atoms. The Labute approximate surface area is 144 Å². The number of halogens is 2. The van der Waals surface area contributed by atoms with Crippen LogP contribution in [-0.2, 0) is 0 Å². The molecule has 0 radical (unpaired) electrons. The zero-order chi connectivity index (χ0) is 17.6. The predicted molar refractivity (Wildman–Crippen MR) is 88.0 cm³/mol. The number of hydrogen-bond acceptors (Lipinski definition) is 5. The van der Waals surface area contributed by atoms with Gasteiger partial charge in [0, 0.05) is 12.4 Å². The van der Waals surface area contributed by atoms with Crippen LogP contribution in [0.15, 0.2) is 40.3 Å². The summed E-state index contributed by atoms with van der Waals surface area (Å²) < 4.78 is 13.9. The van der Waals surface area contributed by atoms with Crippen LogP contribution in [0.25, 0.3) is 11.3 Å². The summed E-state index contributed by atoms with van der Waals surface area (Å²) in [6.07, 6.45) is 4.72. The molecule has 3 heterocycles. The fraction of sp³-hybridized carbons (Fsp3) is 0.188. The van der Waals surface area contributed by atoms with Crippen molar-refractivity contribution in [2.75, 3.05) is 0 Å². The molecule has 4 rings (SSSR count). The van der Waals surface area contributed by atoms with Crippen LogP contribution in [0.5, 0.6) is 0 Å². The largest absolute Gasteiger partial charge is 0.325 e. The van der Waals surface area contributed by atoms with E-state index in [9.17, 15) is 14.0 Å². The molecule has 0 aromatic carbocycles. The Hall–Kier alpha value is -2.87. The normalized spacial score (nSPS) is 19.0. The molecule has 126 valence electrons. The van der Waals surface area contributed by atoms with Crippen LogP contribution >= 0.6 is 11.6 Å². The van der Waals surface area contributed by atoms with Gasteiger partial charge in [-0.25, -0.2) is 9.18 Å². The third kappa shape index (κ3) is 2.85. The van der Waals surface area contributed by atoms with Crippen molar-refractivity contribution in [1.29, 1.82) is 0 Å². The van der Waals surface area contributed by atoms with Gasteiger partial charge in [0.15, 0.2) is 5.15 Å². The second kappa shape index (κ2) is 5.89. The van der Waals surface area contributed by atoms with E-state index in [1.54, 1.807) is 18.3 Å². The van der Waals surface area contributed by atoms with E-state index in [2.05, 4.69) is 25.1 Å². The quantitative estimate of drug-likeness (QED) is 0.744. The van der Waals surface area contributed by atoms with Gasteiger partial charge in [-0.2, -0.15) is 0 Å². The second-order valence-corrected chi connectivity index (χ2v) is 6.17. The summed E-state index contributed by atoms with van der Waals surface area (Å²) in [5.41, 5.74) is 0.565. The molecule has 3 aromatic rings. The van der Waals surface area contributed by atoms with Crippen LogP contribution in [0.1, 0.15) is 29.4 Å². The highest BCUT2D eigenvalue weighted by Crippen LogP contribution is 2.56. The zero-order valence-corrected chi connectivity index (χ0v) is 13.4. The van der Waals surface area contributed by atoms with Gasteiger partial charge in [0.05, 0.1) is 11.8 Å². The van der Waals surface area contributed by atoms with Crippen molar-refractivity contribution in [1.82, 2.24) is 25.1 Å². The maximum Gasteiger partial charge on any atom is 0.325 e. The summed E-state index contributed by atoms with van der Waals surface area (Å²) in [4.78, 5) is 31.3. The third-order valence-electron chi connectivity index (χ3n) is 4.26. The van der Waals surface area contributed by atoms with E-state index in [0.717, 1.165) is 0 Å². The van der Waals surface area contributed by atoms with Gasteiger partial charge < -0.3 is 4.98 Å². The first-order valence-corrected chi connectivity index (χ1v) is 7.87. The number of H-pyrrole nitrogens is 2. The molecule has 2 atom stereocenters. The molecule has 7 nitrogen and oxygen atoms in total. The van der Waals surface area contributed by atoms with Crippen LogP contribution in [0.4, 0.5) is 4.39 Å². The highest BCUT2D eigenvalue weighted by molar-refractivity contribution is 6.30. The Morgan fingerprint density at radius 2 is 2.00 bits per heavy atom. The van der Waals surface area contributed by atoms with Crippen molar-refractivity contribution in [3.8, 4) is 11.3 Å². The molecular formula is C16H11ClFN5O2. The molecule has 3 aromatic heterocycles. The zero-order valence-electron chi connectivity index (χ0n) is 12.7. The summed E-state index contributed by atoms with van der Waals surface area (Å²) in [7, 11) is 0. The highest BCUT2D eigenvalue weighted by Gasteiger charge is 2.42. The van der Waals surface area contributed by atoms with Crippen molar-refractivity contribution in [2.45, 2.75) is 18.3 Å². The molecule has 0 unspecified atom stereocenters. The van der Waals surface area contributed by atoms with Gasteiger partial charge in [0.1, 0.15) is 11.5 Å². The standard InChI is InChI=1S/C16H11ClFN5O2/c17-14-10(9-3-8(9)7-1-2-19-6-12(7)18)4-13(22-23-14)11-5-20-16(25)21-15(11)24/h1-2,4-6,8-9H,3H2,(H2,20,21,24,25)/t8-,9+/m1/s1. The van der Waals surface area contributed by atoms with E-state index in [-0.39, 0.29) is 34.1 Å². The van der Waals surface area contributed by atoms with Gasteiger partial charge in [-0.15, -0.1) is 10.2 Å². The Morgan fingerprint density at radius 3 is 2.76 bits per heavy atom. The number of nitrogens with one attached hydrogen (secondary N) is 2. The summed E-state index contributed by atoms with van der Waals surface area (Å²) >= 11 is 6.15. The van der Waals surface area contributed by atoms with E-state index < -0.39 is 11.2 Å². The Balaban J connectivity index is 1.71. The average molecular weight is 360 g/mol. The highest BCUT2D eigenvalue weighted by atomic mass is 35.5. The van der Waals surface area contributed by atoms with E-state index in [1.807, 2.05) is 0 Å². The molecule has 0 saturated heterocycles. The molecule has 0 amide bonds. The smallest absolute Gasteiger partial charge is 0.313 e. The lowest BCUT2D eigenvalue weighted by Crippen LogP contribution is -2.23. The van der Waals surface area contributed by atoms with Gasteiger partial charge in [-0.1, -0.05) is 11.6 Å². The minimum atomic E-state index is -0.605. The van der Waals surface area contributed by atoms with Crippen molar-refractivity contribution in [3.05, 3.63) is 73.7 Å². The van der Waals surface area contributed by atoms with Crippen LogP contribution in [0, 0.1) is 5.82 Å². The average Bonchev–Trinajstić information content (AvgIpc) is 3.36. The number of aromatic nitrogens is 5. The summed E-state index contributed by atoms with van der Waals surface area (Å²) in [6, 6.07) is 3.30. The van der Waals surface area contributed by atoms with Gasteiger partial charge >= 0.3 is 5.69 Å². The number of hydrogen-bond donors (Lipinski definition) is 2. The molecule has 25 heavy (non-hydrogen) atoms. The van der Waals surface area contributed by atoms with Crippen molar-refractivity contribution < 1.29 is 4.39 Å². The Bertz CT molecular complexity index is 1080. The van der Waals surface area contributed by atoms with Gasteiger partial charge in [-0.05, 0) is 41.5 Å². The first-order chi connectivity index (χ1) is 12.0. The number of pyridine rings is 1. The first-order valence-electron chi connectivity index (χ1n) is 7.49. The third-order valence-corrected chi connectivity index (χ3v) is 4.56. The Morgan fingerprint density at radius 1 is 1.20 bits per heavy atom. The minimum Gasteiger partial charge on any atom is -0.313 e. The number of nitrogens with zero attached hydrogens (tertiary/aromatic N) is 3. The van der Waals surface area contributed by atoms with Crippen LogP contribution in [0.2, 0.25) is 5.15 Å². The van der Waals surface area contributed by atoms with Crippen LogP contribution in [-0.4, -0.2) is 25.1 Å². The van der Waals surface area contributed by atoms with E-state index in [0.29, 0.717) is 17.5 Å². The lowest BCUT2D eigenvalue weighted by molar-refractivity contribution is 0.603. The molecule has 2 N–H and O–H groups in total. The number of aromatic amines is 2. The predicted octanol–water partition coefficient (Wildman–Crippen LogP) is 1.98. The maximum absolute atomic E-state index is 13.9. The maximum atomic E-state index is 13.9. The summed E-state index contributed by atoms with van der Waals surface area (Å²) in [5, 5.41) is 8.03. The molecule has 1 aliphatic carbocycles. The number of rotatable bonds is 3. The van der Waals surface area contributed by atoms with E-state index in [4.69, 9.17) is 11.6 Å². The molecule has 1 fully saturated rings. The Kier molecular flexibility index (Phi) is 3.69. The second-order valence-electron chi connectivity index (χ2n) is 5.81. The molecule has 9 heteroatoms. The SMILES string of the molecule is O=c1[nH]cc(-c2cc([C@H]3C[C@@H]3c3ccncc3F)c(Cl)nn2)c(=O)[nH]1. The van der Waals surface area contributed by atoms with Gasteiger partial charge in [-0.3, -0.25) is 14.8 Å². The first kappa shape index (κ1) is 15.6. The van der Waals surface area contributed by atoms with Crippen LogP contribution in [0.3, 0.4) is 0 Å². The minimum absolute atomic E-state index is 0.0134. The molecule has 0 aliphatic heterocycles. The van der Waals surface area contributed by atoms with Gasteiger partial charge in [0.2, 0.25) is 0 Å².